The van der Waals surface area contributed by atoms with Crippen molar-refractivity contribution in [3.63, 3.8) is 0 Å². The molecule has 0 unspecified atom stereocenters. The molecule has 1 aliphatic rings. The van der Waals surface area contributed by atoms with Crippen LogP contribution in [0.4, 0.5) is 0 Å². The normalized spacial score (nSPS) is 14.7. The molecule has 148 valence electrons. The van der Waals surface area contributed by atoms with Gasteiger partial charge in [0.2, 0.25) is 12.2 Å². The Balaban J connectivity index is 1.76. The molecular weight excluding hydrogens is 407 g/mol. The van der Waals surface area contributed by atoms with Crippen LogP contribution in [0.2, 0.25) is 10.0 Å². The average Bonchev–Trinajstić information content (AvgIpc) is 2.67. The van der Waals surface area contributed by atoms with Crippen LogP contribution < -0.4 is 5.32 Å². The first-order valence-corrected chi connectivity index (χ1v) is 9.35. The van der Waals surface area contributed by atoms with Gasteiger partial charge in [0.05, 0.1) is 0 Å². The summed E-state index contributed by atoms with van der Waals surface area (Å²) in [6.45, 7) is 1.18. The fourth-order valence-electron chi connectivity index (χ4n) is 3.04. The number of carbonyl (C=O) groups is 2. The lowest BCUT2D eigenvalue weighted by atomic mass is 9.96. The van der Waals surface area contributed by atoms with Crippen molar-refractivity contribution in [1.29, 1.82) is 0 Å². The van der Waals surface area contributed by atoms with E-state index in [2.05, 4.69) is 15.3 Å². The van der Waals surface area contributed by atoms with Gasteiger partial charge in [-0.15, -0.1) is 0 Å². The summed E-state index contributed by atoms with van der Waals surface area (Å²) < 4.78 is 0. The van der Waals surface area contributed by atoms with Gasteiger partial charge in [-0.1, -0.05) is 23.2 Å². The van der Waals surface area contributed by atoms with E-state index in [4.69, 9.17) is 23.2 Å². The van der Waals surface area contributed by atoms with Crippen molar-refractivity contribution in [1.82, 2.24) is 20.2 Å². The van der Waals surface area contributed by atoms with Crippen LogP contribution in [-0.4, -0.2) is 50.5 Å². The van der Waals surface area contributed by atoms with Gasteiger partial charge in [-0.2, -0.15) is 4.98 Å². The number of nitrogens with zero attached hydrogens (tertiary/aromatic N) is 3. The standard InChI is InChI=1S/C18H18Cl2N4O4/c19-12-5-10(6-13(20)7-12)8-21-17(27)14-15(26)18(28)23-16(22-14)11-1-3-24(9-25)4-2-11/h5-7,9,11,26H,1-4,8H2,(H,21,27)(H,22,23,28). The van der Waals surface area contributed by atoms with Crippen molar-refractivity contribution in [3.8, 4) is 11.6 Å². The van der Waals surface area contributed by atoms with E-state index in [9.17, 15) is 19.8 Å². The van der Waals surface area contributed by atoms with Crippen molar-refractivity contribution in [2.75, 3.05) is 13.1 Å². The number of nitrogens with one attached hydrogen (secondary N) is 1. The molecule has 0 bridgehead atoms. The Kier molecular flexibility index (Phi) is 6.21. The van der Waals surface area contributed by atoms with Gasteiger partial charge < -0.3 is 20.4 Å². The van der Waals surface area contributed by atoms with E-state index >= 15 is 0 Å². The molecule has 1 aromatic heterocycles. The molecule has 28 heavy (non-hydrogen) atoms. The molecule has 0 radical (unpaired) electrons. The summed E-state index contributed by atoms with van der Waals surface area (Å²) >= 11 is 11.9. The lowest BCUT2D eigenvalue weighted by Crippen LogP contribution is -2.32. The minimum absolute atomic E-state index is 0.108. The average molecular weight is 425 g/mol. The highest BCUT2D eigenvalue weighted by Crippen LogP contribution is 2.31. The quantitative estimate of drug-likeness (QED) is 0.634. The van der Waals surface area contributed by atoms with Crippen LogP contribution in [0.5, 0.6) is 11.6 Å². The van der Waals surface area contributed by atoms with Crippen molar-refractivity contribution >= 4 is 35.5 Å². The number of hydrogen-bond acceptors (Lipinski definition) is 6. The SMILES string of the molecule is O=CN1CCC(c2nc(O)c(O)c(C(=O)NCc3cc(Cl)cc(Cl)c3)n2)CC1. The molecule has 3 rings (SSSR count). The van der Waals surface area contributed by atoms with Crippen molar-refractivity contribution in [3.05, 3.63) is 45.3 Å². The number of carbonyl (C=O) groups excluding carboxylic acids is 2. The van der Waals surface area contributed by atoms with Gasteiger partial charge in [-0.3, -0.25) is 9.59 Å². The zero-order valence-electron chi connectivity index (χ0n) is 14.7. The summed E-state index contributed by atoms with van der Waals surface area (Å²) in [6.07, 6.45) is 1.99. The summed E-state index contributed by atoms with van der Waals surface area (Å²) in [4.78, 5) is 33.0. The molecule has 8 nitrogen and oxygen atoms in total. The Morgan fingerprint density at radius 3 is 2.43 bits per heavy atom. The second kappa shape index (κ2) is 8.62. The Labute approximate surface area is 171 Å². The third-order valence-corrected chi connectivity index (χ3v) is 4.95. The molecule has 0 spiro atoms. The molecule has 3 N–H and O–H groups in total. The maximum atomic E-state index is 12.5. The van der Waals surface area contributed by atoms with Gasteiger partial charge >= 0.3 is 0 Å². The van der Waals surface area contributed by atoms with E-state index in [0.717, 1.165) is 6.41 Å². The van der Waals surface area contributed by atoms with Gasteiger partial charge in [0.15, 0.2) is 5.69 Å². The summed E-state index contributed by atoms with van der Waals surface area (Å²) in [6, 6.07) is 4.87. The summed E-state index contributed by atoms with van der Waals surface area (Å²) in [5.74, 6) is -1.87. The fourth-order valence-corrected chi connectivity index (χ4v) is 3.61. The number of amides is 2. The van der Waals surface area contributed by atoms with E-state index < -0.39 is 17.5 Å². The van der Waals surface area contributed by atoms with Gasteiger partial charge in [0.25, 0.3) is 11.8 Å². The van der Waals surface area contributed by atoms with Crippen LogP contribution in [0.25, 0.3) is 0 Å². The molecule has 2 aromatic rings. The summed E-state index contributed by atoms with van der Waals surface area (Å²) in [5, 5.41) is 23.4. The van der Waals surface area contributed by atoms with E-state index in [1.807, 2.05) is 0 Å². The predicted octanol–water partition coefficient (Wildman–Crippen LogP) is 2.46. The van der Waals surface area contributed by atoms with Crippen LogP contribution in [0, 0.1) is 0 Å². The molecule has 1 fully saturated rings. The van der Waals surface area contributed by atoms with Crippen LogP contribution >= 0.6 is 23.2 Å². The maximum Gasteiger partial charge on any atom is 0.274 e. The minimum atomic E-state index is -0.685. The molecule has 2 heterocycles. The molecule has 1 aromatic carbocycles. The zero-order valence-corrected chi connectivity index (χ0v) is 16.2. The molecule has 0 atom stereocenters. The first-order valence-electron chi connectivity index (χ1n) is 8.59. The Morgan fingerprint density at radius 2 is 1.82 bits per heavy atom. The van der Waals surface area contributed by atoms with Crippen molar-refractivity contribution < 1.29 is 19.8 Å². The number of rotatable bonds is 5. The largest absolute Gasteiger partial charge is 0.501 e. The molecule has 1 aliphatic heterocycles. The highest BCUT2D eigenvalue weighted by atomic mass is 35.5. The monoisotopic (exact) mass is 424 g/mol. The van der Waals surface area contributed by atoms with E-state index in [0.29, 0.717) is 41.5 Å². The molecule has 1 saturated heterocycles. The zero-order chi connectivity index (χ0) is 20.3. The van der Waals surface area contributed by atoms with Crippen LogP contribution in [0.1, 0.15) is 40.6 Å². The third-order valence-electron chi connectivity index (χ3n) is 4.52. The van der Waals surface area contributed by atoms with Gasteiger partial charge in [-0.05, 0) is 36.6 Å². The highest BCUT2D eigenvalue weighted by Gasteiger charge is 2.26. The third kappa shape index (κ3) is 4.63. The number of aromatic hydroxyl groups is 2. The topological polar surface area (TPSA) is 116 Å². The minimum Gasteiger partial charge on any atom is -0.501 e. The van der Waals surface area contributed by atoms with E-state index in [-0.39, 0.29) is 24.0 Å². The highest BCUT2D eigenvalue weighted by molar-refractivity contribution is 6.34. The molecule has 0 aliphatic carbocycles. The second-order valence-corrected chi connectivity index (χ2v) is 7.35. The van der Waals surface area contributed by atoms with Crippen molar-refractivity contribution in [2.45, 2.75) is 25.3 Å². The second-order valence-electron chi connectivity index (χ2n) is 6.48. The van der Waals surface area contributed by atoms with Gasteiger partial charge in [0, 0.05) is 35.6 Å². The smallest absolute Gasteiger partial charge is 0.274 e. The first kappa shape index (κ1) is 20.2. The molecule has 0 saturated carbocycles. The van der Waals surface area contributed by atoms with Crippen LogP contribution in [0.15, 0.2) is 18.2 Å². The van der Waals surface area contributed by atoms with Crippen LogP contribution in [0.3, 0.4) is 0 Å². The first-order chi connectivity index (χ1) is 13.4. The lowest BCUT2D eigenvalue weighted by molar-refractivity contribution is -0.119. The summed E-state index contributed by atoms with van der Waals surface area (Å²) in [7, 11) is 0. The van der Waals surface area contributed by atoms with Gasteiger partial charge in [0.1, 0.15) is 5.82 Å². The number of likely N-dealkylation sites (tertiary alicyclic amines) is 1. The fraction of sp³-hybridized carbons (Fsp3) is 0.333. The number of piperidine rings is 1. The van der Waals surface area contributed by atoms with Crippen molar-refractivity contribution in [2.24, 2.45) is 0 Å². The number of halogens is 2. The predicted molar refractivity (Wildman–Crippen MR) is 103 cm³/mol. The number of benzene rings is 1. The number of aromatic nitrogens is 2. The Morgan fingerprint density at radius 1 is 1.18 bits per heavy atom. The molecule has 10 heteroatoms. The van der Waals surface area contributed by atoms with Crippen LogP contribution in [-0.2, 0) is 11.3 Å². The summed E-state index contributed by atoms with van der Waals surface area (Å²) in [5.41, 5.74) is 0.360. The van der Waals surface area contributed by atoms with E-state index in [1.54, 1.807) is 23.1 Å². The Bertz CT molecular complexity index is 881. The Hall–Kier alpha value is -2.58. The molecular formula is C18H18Cl2N4O4. The molecule has 2 amide bonds. The lowest BCUT2D eigenvalue weighted by Gasteiger charge is -2.28. The van der Waals surface area contributed by atoms with Gasteiger partial charge in [-0.25, -0.2) is 4.98 Å². The maximum absolute atomic E-state index is 12.5. The number of hydrogen-bond donors (Lipinski definition) is 3. The van der Waals surface area contributed by atoms with E-state index in [1.165, 1.54) is 0 Å².